The fourth-order valence-electron chi connectivity index (χ4n) is 2.35. The molecular formula is C19H19N3O2S. The summed E-state index contributed by atoms with van der Waals surface area (Å²) in [4.78, 5) is 17.0. The summed E-state index contributed by atoms with van der Waals surface area (Å²) >= 11 is 1.34. The molecule has 128 valence electrons. The number of nitrogens with one attached hydrogen (secondary N) is 1. The van der Waals surface area contributed by atoms with E-state index in [4.69, 9.17) is 4.74 Å². The smallest absolute Gasteiger partial charge is 0.209 e. The number of benzene rings is 2. The first kappa shape index (κ1) is 17.2. The van der Waals surface area contributed by atoms with Gasteiger partial charge in [-0.3, -0.25) is 9.89 Å². The van der Waals surface area contributed by atoms with Crippen molar-refractivity contribution < 1.29 is 9.53 Å². The molecule has 0 amide bonds. The number of carbonyl (C=O) groups excluding carboxylic acids is 1. The van der Waals surface area contributed by atoms with E-state index in [2.05, 4.69) is 15.2 Å². The molecule has 25 heavy (non-hydrogen) atoms. The predicted octanol–water partition coefficient (Wildman–Crippen LogP) is 4.23. The first-order chi connectivity index (χ1) is 12.2. The summed E-state index contributed by atoms with van der Waals surface area (Å²) in [5, 5.41) is 7.40. The zero-order chi connectivity index (χ0) is 17.6. The van der Waals surface area contributed by atoms with Crippen LogP contribution in [-0.4, -0.2) is 32.8 Å². The van der Waals surface area contributed by atoms with Crippen molar-refractivity contribution in [3.63, 3.8) is 0 Å². The van der Waals surface area contributed by atoms with Crippen molar-refractivity contribution >= 4 is 17.5 Å². The third-order valence-corrected chi connectivity index (χ3v) is 4.57. The molecule has 3 rings (SSSR count). The van der Waals surface area contributed by atoms with Gasteiger partial charge in [-0.1, -0.05) is 42.1 Å². The Morgan fingerprint density at radius 2 is 1.88 bits per heavy atom. The number of carbonyl (C=O) groups is 1. The highest BCUT2D eigenvalue weighted by atomic mass is 32.2. The van der Waals surface area contributed by atoms with Crippen molar-refractivity contribution in [2.45, 2.75) is 24.3 Å². The zero-order valence-corrected chi connectivity index (χ0v) is 14.9. The molecule has 5 nitrogen and oxygen atoms in total. The molecule has 1 N–H and O–H groups in total. The summed E-state index contributed by atoms with van der Waals surface area (Å²) in [5.74, 6) is 1.50. The highest BCUT2D eigenvalue weighted by Crippen LogP contribution is 2.25. The van der Waals surface area contributed by atoms with Gasteiger partial charge in [-0.15, -0.1) is 5.10 Å². The molecule has 0 saturated carbocycles. The van der Waals surface area contributed by atoms with E-state index in [1.54, 1.807) is 12.1 Å². The predicted molar refractivity (Wildman–Crippen MR) is 99.1 cm³/mol. The number of nitrogens with zero attached hydrogens (tertiary/aromatic N) is 2. The molecule has 3 aromatic rings. The van der Waals surface area contributed by atoms with E-state index < -0.39 is 0 Å². The average Bonchev–Trinajstić information content (AvgIpc) is 3.11. The molecule has 1 heterocycles. The number of rotatable bonds is 7. The maximum atomic E-state index is 12.6. The highest BCUT2D eigenvalue weighted by molar-refractivity contribution is 8.00. The molecule has 0 aliphatic carbocycles. The molecule has 0 aliphatic heterocycles. The maximum absolute atomic E-state index is 12.6. The van der Waals surface area contributed by atoms with Crippen LogP contribution in [0.25, 0.3) is 11.4 Å². The van der Waals surface area contributed by atoms with E-state index in [0.29, 0.717) is 23.2 Å². The van der Waals surface area contributed by atoms with Crippen molar-refractivity contribution in [1.82, 2.24) is 15.2 Å². The summed E-state index contributed by atoms with van der Waals surface area (Å²) in [5.41, 5.74) is 1.62. The van der Waals surface area contributed by atoms with E-state index in [-0.39, 0.29) is 11.0 Å². The number of aromatic nitrogens is 3. The van der Waals surface area contributed by atoms with E-state index in [1.807, 2.05) is 56.3 Å². The van der Waals surface area contributed by atoms with E-state index in [1.165, 1.54) is 11.8 Å². The number of Topliss-reactive ketones (excluding diaryl/α,β-unsaturated/α-hetero) is 1. The lowest BCUT2D eigenvalue weighted by molar-refractivity contribution is 0.0994. The van der Waals surface area contributed by atoms with Gasteiger partial charge in [0.05, 0.1) is 11.9 Å². The zero-order valence-electron chi connectivity index (χ0n) is 14.1. The molecule has 0 spiro atoms. The molecule has 0 unspecified atom stereocenters. The van der Waals surface area contributed by atoms with E-state index >= 15 is 0 Å². The lowest BCUT2D eigenvalue weighted by atomic mass is 10.1. The van der Waals surface area contributed by atoms with Gasteiger partial charge < -0.3 is 4.74 Å². The van der Waals surface area contributed by atoms with Crippen LogP contribution >= 0.6 is 11.8 Å². The van der Waals surface area contributed by atoms with Gasteiger partial charge in [0.25, 0.3) is 0 Å². The van der Waals surface area contributed by atoms with Crippen molar-refractivity contribution in [3.8, 4) is 17.1 Å². The molecule has 0 radical (unpaired) electrons. The van der Waals surface area contributed by atoms with Gasteiger partial charge in [0.2, 0.25) is 5.16 Å². The third-order valence-electron chi connectivity index (χ3n) is 3.61. The number of ketones is 1. The maximum Gasteiger partial charge on any atom is 0.209 e. The Kier molecular flexibility index (Phi) is 5.50. The fourth-order valence-corrected chi connectivity index (χ4v) is 3.15. The van der Waals surface area contributed by atoms with Gasteiger partial charge in [-0.05, 0) is 38.1 Å². The Labute approximate surface area is 150 Å². The van der Waals surface area contributed by atoms with E-state index in [0.717, 1.165) is 11.3 Å². The van der Waals surface area contributed by atoms with Crippen LogP contribution in [0.15, 0.2) is 59.8 Å². The Balaban J connectivity index is 1.66. The number of hydrogen-bond donors (Lipinski definition) is 1. The van der Waals surface area contributed by atoms with Gasteiger partial charge in [0, 0.05) is 11.1 Å². The minimum Gasteiger partial charge on any atom is -0.494 e. The molecule has 6 heteroatoms. The van der Waals surface area contributed by atoms with Crippen LogP contribution in [0.3, 0.4) is 0 Å². The Hall–Kier alpha value is -2.60. The van der Waals surface area contributed by atoms with Gasteiger partial charge in [-0.2, -0.15) is 0 Å². The minimum absolute atomic E-state index is 0.0408. The number of thioether (sulfide) groups is 1. The van der Waals surface area contributed by atoms with Gasteiger partial charge >= 0.3 is 0 Å². The fraction of sp³-hybridized carbons (Fsp3) is 0.211. The van der Waals surface area contributed by atoms with Crippen LogP contribution in [0.1, 0.15) is 24.2 Å². The molecule has 1 aromatic heterocycles. The Bertz CT molecular complexity index is 831. The number of H-pyrrole nitrogens is 1. The second-order valence-corrected chi connectivity index (χ2v) is 6.72. The number of hydrogen-bond acceptors (Lipinski definition) is 5. The first-order valence-electron chi connectivity index (χ1n) is 8.09. The topological polar surface area (TPSA) is 67.9 Å². The lowest BCUT2D eigenvalue weighted by Gasteiger charge is -2.09. The van der Waals surface area contributed by atoms with Crippen LogP contribution < -0.4 is 4.74 Å². The molecule has 1 atom stereocenters. The second-order valence-electron chi connectivity index (χ2n) is 5.41. The molecular weight excluding hydrogens is 334 g/mol. The summed E-state index contributed by atoms with van der Waals surface area (Å²) in [6.07, 6.45) is 0. The quantitative estimate of drug-likeness (QED) is 0.508. The van der Waals surface area contributed by atoms with Crippen molar-refractivity contribution in [2.24, 2.45) is 0 Å². The Morgan fingerprint density at radius 3 is 2.56 bits per heavy atom. The summed E-state index contributed by atoms with van der Waals surface area (Å²) in [7, 11) is 0. The molecule has 0 saturated heterocycles. The summed E-state index contributed by atoms with van der Waals surface area (Å²) in [6, 6.07) is 17.0. The highest BCUT2D eigenvalue weighted by Gasteiger charge is 2.19. The van der Waals surface area contributed by atoms with Gasteiger partial charge in [0.15, 0.2) is 11.6 Å². The van der Waals surface area contributed by atoms with Crippen LogP contribution in [0.2, 0.25) is 0 Å². The summed E-state index contributed by atoms with van der Waals surface area (Å²) in [6.45, 7) is 4.40. The SMILES string of the molecule is CCOc1ccc(C(=O)[C@H](C)Sc2n[nH]c(-c3ccccc3)n2)cc1. The number of ether oxygens (including phenoxy) is 1. The largest absolute Gasteiger partial charge is 0.494 e. The van der Waals surface area contributed by atoms with Gasteiger partial charge in [0.1, 0.15) is 5.75 Å². The molecule has 0 bridgehead atoms. The Morgan fingerprint density at radius 1 is 1.16 bits per heavy atom. The van der Waals surface area contributed by atoms with Crippen LogP contribution in [0.5, 0.6) is 5.75 Å². The van der Waals surface area contributed by atoms with Crippen molar-refractivity contribution in [2.75, 3.05) is 6.61 Å². The standard InChI is InChI=1S/C19H19N3O2S/c1-3-24-16-11-9-14(10-12-16)17(23)13(2)25-19-20-18(21-22-19)15-7-5-4-6-8-15/h4-13H,3H2,1-2H3,(H,20,21,22)/t13-/m0/s1. The first-order valence-corrected chi connectivity index (χ1v) is 8.97. The summed E-state index contributed by atoms with van der Waals surface area (Å²) < 4.78 is 5.40. The molecule has 2 aromatic carbocycles. The number of aromatic amines is 1. The monoisotopic (exact) mass is 353 g/mol. The average molecular weight is 353 g/mol. The second kappa shape index (κ2) is 7.98. The van der Waals surface area contributed by atoms with Crippen molar-refractivity contribution in [1.29, 1.82) is 0 Å². The molecule has 0 aliphatic rings. The lowest BCUT2D eigenvalue weighted by Crippen LogP contribution is -2.13. The van der Waals surface area contributed by atoms with Crippen molar-refractivity contribution in [3.05, 3.63) is 60.2 Å². The van der Waals surface area contributed by atoms with Crippen LogP contribution in [0, 0.1) is 0 Å². The van der Waals surface area contributed by atoms with E-state index in [9.17, 15) is 4.79 Å². The molecule has 0 fully saturated rings. The third kappa shape index (κ3) is 4.28. The minimum atomic E-state index is -0.280. The van der Waals surface area contributed by atoms with Crippen LogP contribution in [0.4, 0.5) is 0 Å². The normalized spacial score (nSPS) is 11.9. The van der Waals surface area contributed by atoms with Gasteiger partial charge in [-0.25, -0.2) is 4.98 Å². The van der Waals surface area contributed by atoms with Crippen LogP contribution in [-0.2, 0) is 0 Å².